The summed E-state index contributed by atoms with van der Waals surface area (Å²) in [6.07, 6.45) is 5.50. The largest absolute Gasteiger partial charge is 0.327 e. The number of rotatable bonds is 2. The van der Waals surface area contributed by atoms with Gasteiger partial charge in [-0.2, -0.15) is 0 Å². The molecule has 3 nitrogen and oxygen atoms in total. The van der Waals surface area contributed by atoms with Crippen LogP contribution >= 0.6 is 12.4 Å². The zero-order valence-electron chi connectivity index (χ0n) is 7.69. The van der Waals surface area contributed by atoms with Gasteiger partial charge in [-0.1, -0.05) is 11.6 Å². The van der Waals surface area contributed by atoms with Crippen LogP contribution in [0.2, 0.25) is 0 Å². The lowest BCUT2D eigenvalue weighted by Gasteiger charge is -2.19. The summed E-state index contributed by atoms with van der Waals surface area (Å²) in [7, 11) is -2.84. The van der Waals surface area contributed by atoms with Crippen LogP contribution in [0, 0.1) is 0 Å². The molecule has 1 atom stereocenters. The van der Waals surface area contributed by atoms with Gasteiger partial charge in [0.2, 0.25) is 0 Å². The predicted octanol–water partition coefficient (Wildman–Crippen LogP) is 0.890. The summed E-state index contributed by atoms with van der Waals surface area (Å²) < 4.78 is 22.2. The highest BCUT2D eigenvalue weighted by Gasteiger charge is 2.22. The van der Waals surface area contributed by atoms with Gasteiger partial charge in [-0.3, -0.25) is 0 Å². The highest BCUT2D eigenvalue weighted by Crippen LogP contribution is 2.22. The third kappa shape index (κ3) is 3.67. The maximum atomic E-state index is 11.1. The molecule has 0 aliphatic heterocycles. The molecule has 0 spiro atoms. The molecule has 0 saturated heterocycles. The normalized spacial score (nSPS) is 23.2. The second-order valence-corrected chi connectivity index (χ2v) is 5.62. The summed E-state index contributed by atoms with van der Waals surface area (Å²) in [6, 6.07) is 0. The van der Waals surface area contributed by atoms with Gasteiger partial charge >= 0.3 is 0 Å². The highest BCUT2D eigenvalue weighted by molar-refractivity contribution is 7.91. The van der Waals surface area contributed by atoms with E-state index in [0.29, 0.717) is 13.0 Å². The Kier molecular flexibility index (Phi) is 4.96. The van der Waals surface area contributed by atoms with Gasteiger partial charge in [0.25, 0.3) is 0 Å². The second kappa shape index (κ2) is 4.98. The van der Waals surface area contributed by atoms with E-state index in [9.17, 15) is 8.42 Å². The van der Waals surface area contributed by atoms with E-state index in [2.05, 4.69) is 0 Å². The van der Waals surface area contributed by atoms with Crippen LogP contribution in [0.1, 0.15) is 19.3 Å². The molecule has 1 aliphatic carbocycles. The number of hydrogen-bond acceptors (Lipinski definition) is 3. The lowest BCUT2D eigenvalue weighted by molar-refractivity contribution is 0.570. The topological polar surface area (TPSA) is 60.2 Å². The van der Waals surface area contributed by atoms with E-state index in [1.165, 1.54) is 11.8 Å². The molecule has 2 N–H and O–H groups in total. The fourth-order valence-electron chi connectivity index (χ4n) is 1.44. The van der Waals surface area contributed by atoms with Crippen LogP contribution in [0.4, 0.5) is 0 Å². The van der Waals surface area contributed by atoms with Crippen molar-refractivity contribution < 1.29 is 8.42 Å². The van der Waals surface area contributed by atoms with Gasteiger partial charge in [-0.15, -0.1) is 12.4 Å². The van der Waals surface area contributed by atoms with E-state index >= 15 is 0 Å². The van der Waals surface area contributed by atoms with E-state index in [-0.39, 0.29) is 17.7 Å². The molecule has 0 saturated carbocycles. The number of nitrogens with two attached hydrogens (primary N) is 1. The van der Waals surface area contributed by atoms with E-state index in [1.54, 1.807) is 0 Å². The third-order valence-corrected chi connectivity index (χ3v) is 3.96. The first-order valence-corrected chi connectivity index (χ1v) is 6.06. The van der Waals surface area contributed by atoms with E-state index in [4.69, 9.17) is 5.73 Å². The maximum absolute atomic E-state index is 11.1. The molecule has 0 bridgehead atoms. The minimum absolute atomic E-state index is 0. The summed E-state index contributed by atoms with van der Waals surface area (Å²) in [4.78, 5) is 0. The summed E-state index contributed by atoms with van der Waals surface area (Å²) >= 11 is 0. The minimum Gasteiger partial charge on any atom is -0.327 e. The second-order valence-electron chi connectivity index (χ2n) is 3.29. The number of hydrogen-bond donors (Lipinski definition) is 1. The molecular weight excluding hydrogens is 210 g/mol. The minimum atomic E-state index is -2.84. The molecule has 0 aromatic heterocycles. The van der Waals surface area contributed by atoms with Gasteiger partial charge in [0.05, 0.1) is 5.25 Å². The lowest BCUT2D eigenvalue weighted by atomic mass is 9.99. The summed E-state index contributed by atoms with van der Waals surface area (Å²) in [6.45, 7) is 0.566. The zero-order chi connectivity index (χ0) is 9.19. The van der Waals surface area contributed by atoms with Crippen LogP contribution in [-0.2, 0) is 9.84 Å². The molecule has 0 heterocycles. The lowest BCUT2D eigenvalue weighted by Crippen LogP contribution is -2.23. The Morgan fingerprint density at radius 3 is 2.54 bits per heavy atom. The fraction of sp³-hybridized carbons (Fsp3) is 0.750. The Balaban J connectivity index is 0.00000144. The van der Waals surface area contributed by atoms with E-state index in [1.807, 2.05) is 6.08 Å². The first kappa shape index (κ1) is 12.9. The van der Waals surface area contributed by atoms with Gasteiger partial charge in [-0.25, -0.2) is 8.42 Å². The number of sulfone groups is 1. The van der Waals surface area contributed by atoms with Crippen LogP contribution in [0.5, 0.6) is 0 Å². The van der Waals surface area contributed by atoms with Crippen molar-refractivity contribution in [2.75, 3.05) is 12.8 Å². The van der Waals surface area contributed by atoms with Crippen molar-refractivity contribution in [1.82, 2.24) is 0 Å². The van der Waals surface area contributed by atoms with Crippen LogP contribution in [0.15, 0.2) is 11.6 Å². The Hall–Kier alpha value is -0.0600. The highest BCUT2D eigenvalue weighted by atomic mass is 35.5. The molecule has 0 amide bonds. The quantitative estimate of drug-likeness (QED) is 0.711. The molecule has 1 aliphatic rings. The molecule has 1 rings (SSSR count). The molecule has 78 valence electrons. The summed E-state index contributed by atoms with van der Waals surface area (Å²) in [5, 5.41) is -0.173. The van der Waals surface area contributed by atoms with Crippen molar-refractivity contribution in [3.63, 3.8) is 0 Å². The van der Waals surface area contributed by atoms with Gasteiger partial charge in [0.1, 0.15) is 0 Å². The summed E-state index contributed by atoms with van der Waals surface area (Å²) in [5.41, 5.74) is 6.63. The molecule has 0 radical (unpaired) electrons. The van der Waals surface area contributed by atoms with Crippen LogP contribution in [0.3, 0.4) is 0 Å². The molecule has 0 fully saturated rings. The standard InChI is InChI=1S/C8H15NO2S.ClH/c1-12(10,11)8-4-2-7(6-9)3-5-8;/h2,8H,3-6,9H2,1H3;1H/t8-;/m1./s1. The predicted molar refractivity (Wildman–Crippen MR) is 56.9 cm³/mol. The van der Waals surface area contributed by atoms with Gasteiger partial charge < -0.3 is 5.73 Å². The van der Waals surface area contributed by atoms with Crippen molar-refractivity contribution in [2.45, 2.75) is 24.5 Å². The van der Waals surface area contributed by atoms with Crippen LogP contribution < -0.4 is 5.73 Å². The smallest absolute Gasteiger partial charge is 0.150 e. The maximum Gasteiger partial charge on any atom is 0.150 e. The monoisotopic (exact) mass is 225 g/mol. The number of allylic oxidation sites excluding steroid dienone is 1. The molecular formula is C8H16ClNO2S. The van der Waals surface area contributed by atoms with Gasteiger partial charge in [-0.05, 0) is 19.3 Å². The molecule has 13 heavy (non-hydrogen) atoms. The van der Waals surface area contributed by atoms with Crippen molar-refractivity contribution in [1.29, 1.82) is 0 Å². The first-order valence-electron chi connectivity index (χ1n) is 4.11. The third-order valence-electron chi connectivity index (χ3n) is 2.32. The molecule has 0 aromatic rings. The SMILES string of the molecule is CS(=O)(=O)[C@@H]1CC=C(CN)CC1.Cl. The molecule has 0 aromatic carbocycles. The average molecular weight is 226 g/mol. The van der Waals surface area contributed by atoms with Crippen molar-refractivity contribution in [2.24, 2.45) is 5.73 Å². The Morgan fingerprint density at radius 1 is 1.62 bits per heavy atom. The van der Waals surface area contributed by atoms with E-state index < -0.39 is 9.84 Å². The summed E-state index contributed by atoms with van der Waals surface area (Å²) in [5.74, 6) is 0. The fourth-order valence-corrected chi connectivity index (χ4v) is 2.43. The molecule has 5 heteroatoms. The molecule has 0 unspecified atom stereocenters. The van der Waals surface area contributed by atoms with Gasteiger partial charge in [0.15, 0.2) is 9.84 Å². The zero-order valence-corrected chi connectivity index (χ0v) is 9.33. The van der Waals surface area contributed by atoms with Crippen molar-refractivity contribution >= 4 is 22.2 Å². The van der Waals surface area contributed by atoms with Crippen molar-refractivity contribution in [3.05, 3.63) is 11.6 Å². The average Bonchev–Trinajstić information content (AvgIpc) is 2.03. The Labute approximate surface area is 85.7 Å². The Bertz CT molecular complexity index is 285. The van der Waals surface area contributed by atoms with Gasteiger partial charge in [0, 0.05) is 12.8 Å². The van der Waals surface area contributed by atoms with E-state index in [0.717, 1.165) is 12.8 Å². The van der Waals surface area contributed by atoms with Crippen LogP contribution in [-0.4, -0.2) is 26.5 Å². The number of halogens is 1. The van der Waals surface area contributed by atoms with Crippen LogP contribution in [0.25, 0.3) is 0 Å². The van der Waals surface area contributed by atoms with Crippen molar-refractivity contribution in [3.8, 4) is 0 Å². The first-order chi connectivity index (χ1) is 5.54. The Morgan fingerprint density at radius 2 is 2.23 bits per heavy atom.